The molecule has 0 atom stereocenters. The second-order valence-corrected chi connectivity index (χ2v) is 2.72. The fourth-order valence-electron chi connectivity index (χ4n) is 0.889. The maximum Gasteiger partial charge on any atom is 0.236 e. The third-order valence-electron chi connectivity index (χ3n) is 1.47. The second kappa shape index (κ2) is 5.70. The van der Waals surface area contributed by atoms with Crippen molar-refractivity contribution in [3.8, 4) is 0 Å². The van der Waals surface area contributed by atoms with Gasteiger partial charge in [-0.05, 0) is 11.6 Å². The van der Waals surface area contributed by atoms with Gasteiger partial charge in [-0.1, -0.05) is 36.4 Å². The minimum atomic E-state index is -0.172. The number of hydrogen-bond acceptors (Lipinski definition) is 2. The predicted molar refractivity (Wildman–Crippen MR) is 57.8 cm³/mol. The predicted octanol–water partition coefficient (Wildman–Crippen LogP) is 1.82. The van der Waals surface area contributed by atoms with Gasteiger partial charge in [0.15, 0.2) is 0 Å². The molecule has 14 heavy (non-hydrogen) atoms. The quantitative estimate of drug-likeness (QED) is 0.570. The van der Waals surface area contributed by atoms with E-state index in [1.54, 1.807) is 6.08 Å². The van der Waals surface area contributed by atoms with Gasteiger partial charge in [-0.25, -0.2) is 5.43 Å². The first kappa shape index (κ1) is 10.2. The summed E-state index contributed by atoms with van der Waals surface area (Å²) >= 11 is 0. The molecule has 0 fully saturated rings. The Morgan fingerprint density at radius 3 is 2.71 bits per heavy atom. The Kier molecular flexibility index (Phi) is 4.14. The molecule has 0 aromatic heterocycles. The maximum absolute atomic E-state index is 10.4. The molecule has 0 aliphatic heterocycles. The Morgan fingerprint density at radius 1 is 1.36 bits per heavy atom. The minimum Gasteiger partial charge on any atom is -0.274 e. The lowest BCUT2D eigenvalue weighted by Crippen LogP contribution is -2.11. The van der Waals surface area contributed by atoms with Crippen LogP contribution in [0.1, 0.15) is 12.5 Å². The smallest absolute Gasteiger partial charge is 0.236 e. The number of allylic oxidation sites excluding steroid dienone is 1. The molecule has 0 radical (unpaired) electrons. The topological polar surface area (TPSA) is 41.5 Å². The van der Waals surface area contributed by atoms with Gasteiger partial charge in [0.2, 0.25) is 5.91 Å². The lowest BCUT2D eigenvalue weighted by atomic mass is 10.2. The molecule has 0 heterocycles. The molecule has 0 unspecified atom stereocenters. The minimum absolute atomic E-state index is 0.172. The van der Waals surface area contributed by atoms with Crippen LogP contribution in [0.4, 0.5) is 0 Å². The zero-order chi connectivity index (χ0) is 10.2. The summed E-state index contributed by atoms with van der Waals surface area (Å²) in [6.45, 7) is 1.41. The Balaban J connectivity index is 2.42. The maximum atomic E-state index is 10.4. The van der Waals surface area contributed by atoms with E-state index in [1.807, 2.05) is 36.4 Å². The highest BCUT2D eigenvalue weighted by atomic mass is 16.2. The molecule has 1 rings (SSSR count). The summed E-state index contributed by atoms with van der Waals surface area (Å²) in [6.07, 6.45) is 5.21. The number of benzene rings is 1. The van der Waals surface area contributed by atoms with Gasteiger partial charge < -0.3 is 0 Å². The van der Waals surface area contributed by atoms with E-state index >= 15 is 0 Å². The third-order valence-corrected chi connectivity index (χ3v) is 1.47. The molecule has 1 aromatic carbocycles. The molecule has 0 aliphatic carbocycles. The van der Waals surface area contributed by atoms with E-state index in [-0.39, 0.29) is 5.91 Å². The van der Waals surface area contributed by atoms with Crippen LogP contribution in [0.3, 0.4) is 0 Å². The second-order valence-electron chi connectivity index (χ2n) is 2.72. The van der Waals surface area contributed by atoms with Crippen LogP contribution in [-0.2, 0) is 4.79 Å². The van der Waals surface area contributed by atoms with Gasteiger partial charge in [-0.3, -0.25) is 4.79 Å². The van der Waals surface area contributed by atoms with E-state index in [0.29, 0.717) is 0 Å². The van der Waals surface area contributed by atoms with Crippen LogP contribution < -0.4 is 5.43 Å². The fourth-order valence-corrected chi connectivity index (χ4v) is 0.889. The van der Waals surface area contributed by atoms with Gasteiger partial charge in [0.1, 0.15) is 0 Å². The number of nitrogens with zero attached hydrogens (tertiary/aromatic N) is 1. The molecular formula is C11H12N2O. The highest BCUT2D eigenvalue weighted by Crippen LogP contribution is 1.99. The number of carbonyl (C=O) groups is 1. The van der Waals surface area contributed by atoms with Gasteiger partial charge in [-0.2, -0.15) is 5.10 Å². The largest absolute Gasteiger partial charge is 0.274 e. The molecule has 0 spiro atoms. The van der Waals surface area contributed by atoms with Crippen molar-refractivity contribution >= 4 is 18.2 Å². The summed E-state index contributed by atoms with van der Waals surface area (Å²) in [7, 11) is 0. The lowest BCUT2D eigenvalue weighted by molar-refractivity contribution is -0.118. The first-order valence-corrected chi connectivity index (χ1v) is 4.30. The van der Waals surface area contributed by atoms with Crippen LogP contribution in [0, 0.1) is 0 Å². The molecule has 3 heteroatoms. The molecular weight excluding hydrogens is 176 g/mol. The first-order chi connectivity index (χ1) is 6.79. The van der Waals surface area contributed by atoms with E-state index in [9.17, 15) is 4.79 Å². The van der Waals surface area contributed by atoms with Crippen molar-refractivity contribution in [2.24, 2.45) is 5.10 Å². The zero-order valence-electron chi connectivity index (χ0n) is 7.97. The van der Waals surface area contributed by atoms with Crippen LogP contribution in [-0.4, -0.2) is 12.1 Å². The zero-order valence-corrected chi connectivity index (χ0v) is 7.97. The van der Waals surface area contributed by atoms with Crippen molar-refractivity contribution in [2.45, 2.75) is 6.92 Å². The fraction of sp³-hybridized carbons (Fsp3) is 0.0909. The Hall–Kier alpha value is -1.90. The average molecular weight is 188 g/mol. The Bertz CT molecular complexity index is 342. The Morgan fingerprint density at radius 2 is 2.07 bits per heavy atom. The van der Waals surface area contributed by atoms with E-state index in [0.717, 1.165) is 5.56 Å². The number of carbonyl (C=O) groups excluding carboxylic acids is 1. The van der Waals surface area contributed by atoms with Crippen molar-refractivity contribution < 1.29 is 4.79 Å². The molecule has 1 N–H and O–H groups in total. The van der Waals surface area contributed by atoms with Crippen LogP contribution in [0.2, 0.25) is 0 Å². The van der Waals surface area contributed by atoms with Crippen LogP contribution in [0.5, 0.6) is 0 Å². The number of hydrogen-bond donors (Lipinski definition) is 1. The van der Waals surface area contributed by atoms with Gasteiger partial charge in [0, 0.05) is 13.1 Å². The molecule has 0 bridgehead atoms. The molecule has 0 aliphatic rings. The van der Waals surface area contributed by atoms with Crippen LogP contribution in [0.15, 0.2) is 41.5 Å². The molecule has 3 nitrogen and oxygen atoms in total. The Labute approximate surface area is 83.1 Å². The van der Waals surface area contributed by atoms with E-state index in [4.69, 9.17) is 0 Å². The summed E-state index contributed by atoms with van der Waals surface area (Å²) < 4.78 is 0. The van der Waals surface area contributed by atoms with Crippen molar-refractivity contribution in [1.82, 2.24) is 5.43 Å². The third kappa shape index (κ3) is 4.21. The highest BCUT2D eigenvalue weighted by molar-refractivity contribution is 5.80. The first-order valence-electron chi connectivity index (χ1n) is 4.30. The van der Waals surface area contributed by atoms with E-state index in [2.05, 4.69) is 10.5 Å². The van der Waals surface area contributed by atoms with Crippen molar-refractivity contribution in [3.63, 3.8) is 0 Å². The number of amides is 1. The van der Waals surface area contributed by atoms with Gasteiger partial charge in [-0.15, -0.1) is 0 Å². The summed E-state index contributed by atoms with van der Waals surface area (Å²) in [5.41, 5.74) is 3.41. The lowest BCUT2D eigenvalue weighted by Gasteiger charge is -1.89. The summed E-state index contributed by atoms with van der Waals surface area (Å²) in [5.74, 6) is -0.172. The van der Waals surface area contributed by atoms with Crippen molar-refractivity contribution in [3.05, 3.63) is 42.0 Å². The molecule has 1 amide bonds. The number of nitrogens with one attached hydrogen (secondary N) is 1. The summed E-state index contributed by atoms with van der Waals surface area (Å²) in [6, 6.07) is 9.86. The molecule has 0 saturated heterocycles. The summed E-state index contributed by atoms with van der Waals surface area (Å²) in [4.78, 5) is 10.4. The monoisotopic (exact) mass is 188 g/mol. The SMILES string of the molecule is CC(=O)NN=CC=Cc1ccccc1. The summed E-state index contributed by atoms with van der Waals surface area (Å²) in [5, 5.41) is 3.67. The van der Waals surface area contributed by atoms with Gasteiger partial charge >= 0.3 is 0 Å². The molecule has 1 aromatic rings. The standard InChI is InChI=1S/C11H12N2O/c1-10(14)13-12-9-5-8-11-6-3-2-4-7-11/h2-9H,1H3,(H,13,14). The number of rotatable bonds is 3. The van der Waals surface area contributed by atoms with E-state index < -0.39 is 0 Å². The highest BCUT2D eigenvalue weighted by Gasteiger charge is 1.81. The van der Waals surface area contributed by atoms with Gasteiger partial charge in [0.25, 0.3) is 0 Å². The molecule has 72 valence electrons. The molecule has 0 saturated carbocycles. The van der Waals surface area contributed by atoms with Gasteiger partial charge in [0.05, 0.1) is 0 Å². The van der Waals surface area contributed by atoms with Crippen molar-refractivity contribution in [1.29, 1.82) is 0 Å². The van der Waals surface area contributed by atoms with Crippen molar-refractivity contribution in [2.75, 3.05) is 0 Å². The van der Waals surface area contributed by atoms with Crippen LogP contribution in [0.25, 0.3) is 6.08 Å². The number of hydrazone groups is 1. The normalized spacial score (nSPS) is 10.9. The average Bonchev–Trinajstić information content (AvgIpc) is 2.18. The van der Waals surface area contributed by atoms with E-state index in [1.165, 1.54) is 13.1 Å². The van der Waals surface area contributed by atoms with Crippen LogP contribution >= 0.6 is 0 Å².